The smallest absolute Gasteiger partial charge is 0.0426 e. The summed E-state index contributed by atoms with van der Waals surface area (Å²) in [7, 11) is 6.38. The third-order valence-corrected chi connectivity index (χ3v) is 3.48. The summed E-state index contributed by atoms with van der Waals surface area (Å²) in [6, 6.07) is 6.63. The van der Waals surface area contributed by atoms with Gasteiger partial charge in [-0.2, -0.15) is 0 Å². The quantitative estimate of drug-likeness (QED) is 0.818. The molecule has 1 aromatic rings. The van der Waals surface area contributed by atoms with Crippen molar-refractivity contribution in [2.75, 3.05) is 40.8 Å². The van der Waals surface area contributed by atoms with Crippen LogP contribution in [0.5, 0.6) is 0 Å². The predicted molar refractivity (Wildman–Crippen MR) is 83.5 cm³/mol. The first-order valence-corrected chi connectivity index (χ1v) is 7.06. The summed E-state index contributed by atoms with van der Waals surface area (Å²) in [5.41, 5.74) is 10.2. The Morgan fingerprint density at radius 3 is 2.37 bits per heavy atom. The molecule has 1 rings (SSSR count). The number of benzene rings is 1. The zero-order valence-electron chi connectivity index (χ0n) is 13.1. The van der Waals surface area contributed by atoms with Gasteiger partial charge in [-0.25, -0.2) is 0 Å². The van der Waals surface area contributed by atoms with E-state index in [1.165, 1.54) is 23.1 Å². The largest absolute Gasteiger partial charge is 0.323 e. The van der Waals surface area contributed by atoms with Gasteiger partial charge in [0.1, 0.15) is 0 Å². The van der Waals surface area contributed by atoms with Crippen LogP contribution in [-0.2, 0) is 0 Å². The predicted octanol–water partition coefficient (Wildman–Crippen LogP) is 2.19. The van der Waals surface area contributed by atoms with Crippen molar-refractivity contribution >= 4 is 0 Å². The molecule has 0 fully saturated rings. The lowest BCUT2D eigenvalue weighted by Gasteiger charge is -2.23. The SMILES string of the molecule is Cc1ccc(C(N)CN(C)CCCN(C)C)c(C)c1. The normalized spacial score (nSPS) is 13.3. The first-order chi connectivity index (χ1) is 8.90. The molecule has 3 nitrogen and oxygen atoms in total. The lowest BCUT2D eigenvalue weighted by atomic mass is 9.99. The van der Waals surface area contributed by atoms with E-state index in [1.54, 1.807) is 0 Å². The number of rotatable bonds is 7. The molecule has 0 heterocycles. The van der Waals surface area contributed by atoms with Gasteiger partial charge < -0.3 is 15.5 Å². The van der Waals surface area contributed by atoms with Crippen LogP contribution >= 0.6 is 0 Å². The molecule has 0 saturated carbocycles. The maximum atomic E-state index is 6.33. The van der Waals surface area contributed by atoms with Gasteiger partial charge in [0.2, 0.25) is 0 Å². The molecule has 0 spiro atoms. The van der Waals surface area contributed by atoms with Gasteiger partial charge in [0, 0.05) is 12.6 Å². The molecule has 0 aliphatic rings. The molecule has 0 radical (unpaired) electrons. The molecule has 108 valence electrons. The van der Waals surface area contributed by atoms with E-state index in [2.05, 4.69) is 63.0 Å². The molecule has 0 aliphatic heterocycles. The Hall–Kier alpha value is -0.900. The van der Waals surface area contributed by atoms with Gasteiger partial charge >= 0.3 is 0 Å². The Balaban J connectivity index is 2.47. The van der Waals surface area contributed by atoms with Crippen LogP contribution in [0.2, 0.25) is 0 Å². The van der Waals surface area contributed by atoms with Gasteiger partial charge in [0.25, 0.3) is 0 Å². The molecule has 2 N–H and O–H groups in total. The molecular formula is C16H29N3. The molecule has 19 heavy (non-hydrogen) atoms. The van der Waals surface area contributed by atoms with Crippen molar-refractivity contribution in [3.63, 3.8) is 0 Å². The average molecular weight is 263 g/mol. The van der Waals surface area contributed by atoms with Crippen LogP contribution in [0.1, 0.15) is 29.2 Å². The molecule has 3 heteroatoms. The minimum absolute atomic E-state index is 0.102. The van der Waals surface area contributed by atoms with Gasteiger partial charge in [-0.3, -0.25) is 0 Å². The van der Waals surface area contributed by atoms with Gasteiger partial charge in [0.05, 0.1) is 0 Å². The number of nitrogens with two attached hydrogens (primary N) is 1. The summed E-state index contributed by atoms with van der Waals surface area (Å²) in [6.07, 6.45) is 1.18. The summed E-state index contributed by atoms with van der Waals surface area (Å²) in [4.78, 5) is 4.55. The second-order valence-electron chi connectivity index (χ2n) is 5.89. The molecule has 1 atom stereocenters. The van der Waals surface area contributed by atoms with Crippen LogP contribution in [0.25, 0.3) is 0 Å². The molecular weight excluding hydrogens is 234 g/mol. The Labute approximate surface area is 118 Å². The molecule has 0 amide bonds. The highest BCUT2D eigenvalue weighted by Crippen LogP contribution is 2.17. The van der Waals surface area contributed by atoms with Crippen molar-refractivity contribution in [1.82, 2.24) is 9.80 Å². The molecule has 0 saturated heterocycles. The maximum Gasteiger partial charge on any atom is 0.0426 e. The van der Waals surface area contributed by atoms with E-state index < -0.39 is 0 Å². The van der Waals surface area contributed by atoms with Gasteiger partial charge in [-0.1, -0.05) is 23.8 Å². The van der Waals surface area contributed by atoms with Gasteiger partial charge in [0.15, 0.2) is 0 Å². The summed E-state index contributed by atoms with van der Waals surface area (Å²) in [5, 5.41) is 0. The topological polar surface area (TPSA) is 32.5 Å². The number of hydrogen-bond donors (Lipinski definition) is 1. The minimum atomic E-state index is 0.102. The number of likely N-dealkylation sites (N-methyl/N-ethyl adjacent to an activating group) is 1. The molecule has 0 aromatic heterocycles. The molecule has 1 unspecified atom stereocenters. The van der Waals surface area contributed by atoms with Crippen molar-refractivity contribution in [3.05, 3.63) is 34.9 Å². The fourth-order valence-corrected chi connectivity index (χ4v) is 2.42. The van der Waals surface area contributed by atoms with Crippen LogP contribution in [-0.4, -0.2) is 50.6 Å². The van der Waals surface area contributed by atoms with Crippen molar-refractivity contribution in [1.29, 1.82) is 0 Å². The second kappa shape index (κ2) is 7.63. The lowest BCUT2D eigenvalue weighted by Crippen LogP contribution is -2.31. The number of hydrogen-bond acceptors (Lipinski definition) is 3. The summed E-state index contributed by atoms with van der Waals surface area (Å²) < 4.78 is 0. The number of nitrogens with zero attached hydrogens (tertiary/aromatic N) is 2. The summed E-state index contributed by atoms with van der Waals surface area (Å²) in [5.74, 6) is 0. The first kappa shape index (κ1) is 16.2. The molecule has 0 bridgehead atoms. The van der Waals surface area contributed by atoms with E-state index in [-0.39, 0.29) is 6.04 Å². The minimum Gasteiger partial charge on any atom is -0.323 e. The first-order valence-electron chi connectivity index (χ1n) is 7.06. The van der Waals surface area contributed by atoms with Crippen LogP contribution in [0.3, 0.4) is 0 Å². The van der Waals surface area contributed by atoms with E-state index in [9.17, 15) is 0 Å². The Kier molecular flexibility index (Phi) is 6.49. The van der Waals surface area contributed by atoms with E-state index in [1.807, 2.05) is 0 Å². The highest BCUT2D eigenvalue weighted by molar-refractivity contribution is 5.32. The fourth-order valence-electron chi connectivity index (χ4n) is 2.42. The standard InChI is InChI=1S/C16H29N3/c1-13-7-8-15(14(2)11-13)16(17)12-19(5)10-6-9-18(3)4/h7-8,11,16H,6,9-10,12,17H2,1-5H3. The number of aryl methyl sites for hydroxylation is 2. The van der Waals surface area contributed by atoms with Crippen LogP contribution in [0.15, 0.2) is 18.2 Å². The zero-order valence-corrected chi connectivity index (χ0v) is 13.1. The highest BCUT2D eigenvalue weighted by Gasteiger charge is 2.11. The van der Waals surface area contributed by atoms with E-state index in [4.69, 9.17) is 5.73 Å². The lowest BCUT2D eigenvalue weighted by molar-refractivity contribution is 0.286. The van der Waals surface area contributed by atoms with E-state index >= 15 is 0 Å². The molecule has 0 aliphatic carbocycles. The van der Waals surface area contributed by atoms with Crippen LogP contribution in [0, 0.1) is 13.8 Å². The second-order valence-corrected chi connectivity index (χ2v) is 5.89. The van der Waals surface area contributed by atoms with Crippen molar-refractivity contribution in [2.24, 2.45) is 5.73 Å². The third kappa shape index (κ3) is 5.72. The van der Waals surface area contributed by atoms with Crippen molar-refractivity contribution < 1.29 is 0 Å². The Bertz CT molecular complexity index is 388. The van der Waals surface area contributed by atoms with Crippen molar-refractivity contribution in [3.8, 4) is 0 Å². The van der Waals surface area contributed by atoms with Gasteiger partial charge in [-0.05, 0) is 65.6 Å². The highest BCUT2D eigenvalue weighted by atomic mass is 15.1. The summed E-state index contributed by atoms with van der Waals surface area (Å²) >= 11 is 0. The van der Waals surface area contributed by atoms with Crippen molar-refractivity contribution in [2.45, 2.75) is 26.3 Å². The van der Waals surface area contributed by atoms with Crippen LogP contribution < -0.4 is 5.73 Å². The van der Waals surface area contributed by atoms with E-state index in [0.29, 0.717) is 0 Å². The maximum absolute atomic E-state index is 6.33. The van der Waals surface area contributed by atoms with E-state index in [0.717, 1.165) is 19.6 Å². The third-order valence-electron chi connectivity index (χ3n) is 3.48. The fraction of sp³-hybridized carbons (Fsp3) is 0.625. The average Bonchev–Trinajstić information content (AvgIpc) is 2.27. The monoisotopic (exact) mass is 263 g/mol. The molecule has 1 aromatic carbocycles. The Morgan fingerprint density at radius 2 is 1.79 bits per heavy atom. The zero-order chi connectivity index (χ0) is 14.4. The van der Waals surface area contributed by atoms with Crippen LogP contribution in [0.4, 0.5) is 0 Å². The Morgan fingerprint density at radius 1 is 1.11 bits per heavy atom. The summed E-state index contributed by atoms with van der Waals surface area (Å²) in [6.45, 7) is 7.40. The van der Waals surface area contributed by atoms with Gasteiger partial charge in [-0.15, -0.1) is 0 Å².